The molecule has 0 bridgehead atoms. The van der Waals surface area contributed by atoms with E-state index in [1.165, 1.54) is 6.08 Å². The van der Waals surface area contributed by atoms with Crippen LogP contribution in [0.15, 0.2) is 12.7 Å². The van der Waals surface area contributed by atoms with Crippen LogP contribution < -0.4 is 0 Å². The number of carbonyl (C=O) groups excluding carboxylic acids is 1. The molecule has 64 valence electrons. The van der Waals surface area contributed by atoms with Crippen molar-refractivity contribution in [2.75, 3.05) is 0 Å². The van der Waals surface area contributed by atoms with Gasteiger partial charge >= 0.3 is 12.1 Å². The van der Waals surface area contributed by atoms with E-state index in [9.17, 15) is 4.79 Å². The monoisotopic (exact) mass is 182 g/mol. The number of carbonyl (C=O) groups is 2. The number of halogens is 1. The average Bonchev–Trinajstić information content (AvgIpc) is 1.87. The highest BCUT2D eigenvalue weighted by Crippen LogP contribution is 1.87. The fourth-order valence-corrected chi connectivity index (χ4v) is 0.212. The molecule has 0 aromatic carbocycles. The summed E-state index contributed by atoms with van der Waals surface area (Å²) in [6.45, 7) is 3.29. The zero-order chi connectivity index (χ0) is 9.28. The molecule has 0 atom stereocenters. The van der Waals surface area contributed by atoms with E-state index in [-0.39, 0.29) is 6.42 Å². The molecule has 6 heteroatoms. The SMILES string of the molecule is C=CCC(=O)OCl.O=C(O)O. The Morgan fingerprint density at radius 3 is 2.00 bits per heavy atom. The maximum absolute atomic E-state index is 9.99. The number of carboxylic acid groups (broad SMARTS) is 2. The molecule has 0 radical (unpaired) electrons. The van der Waals surface area contributed by atoms with Crippen molar-refractivity contribution in [1.29, 1.82) is 0 Å². The van der Waals surface area contributed by atoms with E-state index in [2.05, 4.69) is 22.7 Å². The molecule has 11 heavy (non-hydrogen) atoms. The second-order valence-corrected chi connectivity index (χ2v) is 1.38. The van der Waals surface area contributed by atoms with Gasteiger partial charge in [0.15, 0.2) is 0 Å². The maximum atomic E-state index is 9.99. The van der Waals surface area contributed by atoms with Gasteiger partial charge in [-0.1, -0.05) is 6.08 Å². The van der Waals surface area contributed by atoms with Crippen LogP contribution in [0.25, 0.3) is 0 Å². The van der Waals surface area contributed by atoms with E-state index in [0.717, 1.165) is 0 Å². The summed E-state index contributed by atoms with van der Waals surface area (Å²) in [7, 11) is 0. The predicted octanol–water partition coefficient (Wildman–Crippen LogP) is 1.48. The summed E-state index contributed by atoms with van der Waals surface area (Å²) in [5, 5.41) is 13.9. The highest BCUT2D eigenvalue weighted by Gasteiger charge is 1.92. The zero-order valence-electron chi connectivity index (χ0n) is 5.49. The van der Waals surface area contributed by atoms with E-state index in [1.807, 2.05) is 0 Å². The first kappa shape index (κ1) is 12.4. The van der Waals surface area contributed by atoms with Crippen molar-refractivity contribution in [3.8, 4) is 0 Å². The molecule has 0 aliphatic rings. The third kappa shape index (κ3) is 28.3. The molecular formula is C5H7ClO5. The van der Waals surface area contributed by atoms with E-state index in [0.29, 0.717) is 0 Å². The lowest BCUT2D eigenvalue weighted by atomic mass is 10.4. The Labute approximate surface area is 68.0 Å². The minimum atomic E-state index is -1.83. The van der Waals surface area contributed by atoms with E-state index < -0.39 is 12.1 Å². The molecule has 2 N–H and O–H groups in total. The second kappa shape index (κ2) is 8.77. The molecular weight excluding hydrogens is 176 g/mol. The van der Waals surface area contributed by atoms with Crippen LogP contribution >= 0.6 is 11.9 Å². The molecule has 0 aromatic heterocycles. The van der Waals surface area contributed by atoms with Gasteiger partial charge in [-0.3, -0.25) is 4.79 Å². The van der Waals surface area contributed by atoms with Gasteiger partial charge in [-0.2, -0.15) is 0 Å². The van der Waals surface area contributed by atoms with Crippen molar-refractivity contribution in [2.45, 2.75) is 6.42 Å². The molecule has 0 aliphatic heterocycles. The van der Waals surface area contributed by atoms with Crippen LogP contribution in [0.1, 0.15) is 6.42 Å². The maximum Gasteiger partial charge on any atom is 0.503 e. The van der Waals surface area contributed by atoms with Gasteiger partial charge in [0.1, 0.15) is 11.9 Å². The van der Waals surface area contributed by atoms with E-state index in [4.69, 9.17) is 15.0 Å². The topological polar surface area (TPSA) is 83.8 Å². The number of hydrogen-bond acceptors (Lipinski definition) is 3. The van der Waals surface area contributed by atoms with Crippen LogP contribution in [0.4, 0.5) is 4.79 Å². The highest BCUT2D eigenvalue weighted by molar-refractivity contribution is 6.13. The minimum absolute atomic E-state index is 0.170. The van der Waals surface area contributed by atoms with Gasteiger partial charge in [0.25, 0.3) is 0 Å². The minimum Gasteiger partial charge on any atom is -0.450 e. The molecule has 0 saturated heterocycles. The molecule has 0 rings (SSSR count). The third-order valence-electron chi connectivity index (χ3n) is 0.397. The van der Waals surface area contributed by atoms with Crippen LogP contribution in [-0.4, -0.2) is 22.3 Å². The smallest absolute Gasteiger partial charge is 0.450 e. The Morgan fingerprint density at radius 2 is 1.91 bits per heavy atom. The molecule has 0 fully saturated rings. The first-order valence-electron chi connectivity index (χ1n) is 2.38. The fourth-order valence-electron chi connectivity index (χ4n) is 0.149. The Balaban J connectivity index is 0. The lowest BCUT2D eigenvalue weighted by Gasteiger charge is -1.83. The lowest BCUT2D eigenvalue weighted by Crippen LogP contribution is -1.91. The summed E-state index contributed by atoms with van der Waals surface area (Å²) in [5.41, 5.74) is 0. The number of rotatable bonds is 2. The van der Waals surface area contributed by atoms with E-state index in [1.54, 1.807) is 0 Å². The molecule has 0 unspecified atom stereocenters. The predicted molar refractivity (Wildman–Crippen MR) is 37.4 cm³/mol. The van der Waals surface area contributed by atoms with Crippen LogP contribution in [-0.2, 0) is 9.08 Å². The number of hydrogen-bond donors (Lipinski definition) is 2. The lowest BCUT2D eigenvalue weighted by molar-refractivity contribution is -0.132. The summed E-state index contributed by atoms with van der Waals surface area (Å²) < 4.78 is 3.75. The molecule has 0 saturated carbocycles. The van der Waals surface area contributed by atoms with Gasteiger partial charge in [0.05, 0.1) is 6.42 Å². The zero-order valence-corrected chi connectivity index (χ0v) is 6.24. The van der Waals surface area contributed by atoms with Gasteiger partial charge in [-0.15, -0.1) is 6.58 Å². The van der Waals surface area contributed by atoms with Gasteiger partial charge in [0, 0.05) is 0 Å². The van der Waals surface area contributed by atoms with Crippen LogP contribution in [0.3, 0.4) is 0 Å². The van der Waals surface area contributed by atoms with E-state index >= 15 is 0 Å². The molecule has 0 spiro atoms. The van der Waals surface area contributed by atoms with Gasteiger partial charge < -0.3 is 14.5 Å². The average molecular weight is 183 g/mol. The first-order chi connectivity index (χ1) is 5.04. The summed E-state index contributed by atoms with van der Waals surface area (Å²) in [6.07, 6.45) is -0.242. The summed E-state index contributed by atoms with van der Waals surface area (Å²) in [4.78, 5) is 18.5. The quantitative estimate of drug-likeness (QED) is 0.632. The standard InChI is InChI=1S/C4H5ClO2.CH2O3/c1-2-3-4(6)7-5;2-1(3)4/h2H,1,3H2;(H2,2,3,4). The van der Waals surface area contributed by atoms with Crippen molar-refractivity contribution in [3.63, 3.8) is 0 Å². The normalized spacial score (nSPS) is 7.00. The third-order valence-corrected chi connectivity index (χ3v) is 0.569. The van der Waals surface area contributed by atoms with Crippen molar-refractivity contribution in [1.82, 2.24) is 0 Å². The Kier molecular flexibility index (Phi) is 9.92. The fraction of sp³-hybridized carbons (Fsp3) is 0.200. The molecule has 0 heterocycles. The summed E-state index contributed by atoms with van der Waals surface area (Å²) >= 11 is 4.63. The molecule has 0 aromatic rings. The molecule has 5 nitrogen and oxygen atoms in total. The van der Waals surface area contributed by atoms with Crippen molar-refractivity contribution >= 4 is 24.0 Å². The Bertz CT molecular complexity index is 140. The molecule has 0 amide bonds. The van der Waals surface area contributed by atoms with Crippen molar-refractivity contribution in [3.05, 3.63) is 12.7 Å². The summed E-state index contributed by atoms with van der Waals surface area (Å²) in [6, 6.07) is 0. The van der Waals surface area contributed by atoms with Crippen LogP contribution in [0.5, 0.6) is 0 Å². The van der Waals surface area contributed by atoms with Gasteiger partial charge in [-0.25, -0.2) is 4.79 Å². The van der Waals surface area contributed by atoms with Crippen LogP contribution in [0.2, 0.25) is 0 Å². The van der Waals surface area contributed by atoms with Crippen molar-refractivity contribution < 1.29 is 24.1 Å². The van der Waals surface area contributed by atoms with Gasteiger partial charge in [-0.05, 0) is 0 Å². The van der Waals surface area contributed by atoms with Crippen LogP contribution in [0, 0.1) is 0 Å². The van der Waals surface area contributed by atoms with Crippen molar-refractivity contribution in [2.24, 2.45) is 0 Å². The Hall–Kier alpha value is -1.23. The first-order valence-corrected chi connectivity index (χ1v) is 2.69. The summed E-state index contributed by atoms with van der Waals surface area (Å²) in [5.74, 6) is -0.475. The molecule has 0 aliphatic carbocycles. The largest absolute Gasteiger partial charge is 0.503 e. The van der Waals surface area contributed by atoms with Gasteiger partial charge in [0.2, 0.25) is 0 Å². The second-order valence-electron chi connectivity index (χ2n) is 1.22. The highest BCUT2D eigenvalue weighted by atomic mass is 35.5. The Morgan fingerprint density at radius 1 is 1.55 bits per heavy atom.